The quantitative estimate of drug-likeness (QED) is 0.767. The van der Waals surface area contributed by atoms with E-state index in [1.807, 2.05) is 0 Å². The first-order chi connectivity index (χ1) is 7.99. The maximum absolute atomic E-state index is 13.3. The fourth-order valence-corrected chi connectivity index (χ4v) is 1.55. The van der Waals surface area contributed by atoms with Gasteiger partial charge < -0.3 is 5.32 Å². The number of nitrogens with one attached hydrogen (secondary N) is 1. The molecule has 2 amide bonds. The number of imide groups is 1. The summed E-state index contributed by atoms with van der Waals surface area (Å²) in [7, 11) is 1.35. The molecule has 5 nitrogen and oxygen atoms in total. The molecule has 1 aliphatic rings. The number of aromatic nitrogens is 1. The molecule has 0 bridgehead atoms. The first kappa shape index (κ1) is 11.4. The molecule has 0 spiro atoms. The summed E-state index contributed by atoms with van der Waals surface area (Å²) in [6.07, 6.45) is 0.768. The van der Waals surface area contributed by atoms with E-state index in [1.165, 1.54) is 7.05 Å². The van der Waals surface area contributed by atoms with Gasteiger partial charge >= 0.3 is 0 Å². The largest absolute Gasteiger partial charge is 0.356 e. The minimum absolute atomic E-state index is 0.0617. The second kappa shape index (κ2) is 4.08. The standard InChI is InChI=1S/C10H9F2N3O2/c1-15-8(16)3-7(10(15)17)14-9-6(12)2-5(11)4-13-9/h2,4,7H,3H2,1H3,(H,13,14). The molecule has 2 rings (SSSR count). The predicted molar refractivity (Wildman–Crippen MR) is 54.0 cm³/mol. The van der Waals surface area contributed by atoms with Gasteiger partial charge in [0.25, 0.3) is 5.91 Å². The molecule has 2 heterocycles. The molecule has 1 aromatic rings. The van der Waals surface area contributed by atoms with Crippen molar-refractivity contribution in [3.63, 3.8) is 0 Å². The number of likely N-dealkylation sites (N-methyl/N-ethyl adjacent to an activating group) is 1. The molecule has 0 radical (unpaired) electrons. The first-order valence-corrected chi connectivity index (χ1v) is 4.87. The highest BCUT2D eigenvalue weighted by atomic mass is 19.1. The molecular formula is C10H9F2N3O2. The van der Waals surface area contributed by atoms with Gasteiger partial charge in [0, 0.05) is 13.1 Å². The molecule has 0 aromatic carbocycles. The number of amides is 2. The lowest BCUT2D eigenvalue weighted by atomic mass is 10.2. The van der Waals surface area contributed by atoms with E-state index in [0.29, 0.717) is 6.07 Å². The van der Waals surface area contributed by atoms with Crippen molar-refractivity contribution in [1.29, 1.82) is 0 Å². The normalized spacial score (nSPS) is 19.9. The van der Waals surface area contributed by atoms with Gasteiger partial charge in [-0.2, -0.15) is 0 Å². The summed E-state index contributed by atoms with van der Waals surface area (Å²) in [5.74, 6) is -2.76. The molecule has 0 saturated carbocycles. The molecule has 0 aliphatic carbocycles. The summed E-state index contributed by atoms with van der Waals surface area (Å²) in [6, 6.07) is -0.194. The van der Waals surface area contributed by atoms with E-state index in [1.54, 1.807) is 0 Å². The van der Waals surface area contributed by atoms with Gasteiger partial charge in [0.2, 0.25) is 5.91 Å². The van der Waals surface area contributed by atoms with Gasteiger partial charge in [0.1, 0.15) is 11.9 Å². The Kier molecular flexibility index (Phi) is 2.74. The van der Waals surface area contributed by atoms with Crippen LogP contribution in [0.1, 0.15) is 6.42 Å². The summed E-state index contributed by atoms with van der Waals surface area (Å²) in [4.78, 5) is 27.2. The average Bonchev–Trinajstić information content (AvgIpc) is 2.50. The monoisotopic (exact) mass is 241 g/mol. The molecule has 1 fully saturated rings. The Morgan fingerprint density at radius 1 is 1.47 bits per heavy atom. The Morgan fingerprint density at radius 2 is 2.18 bits per heavy atom. The number of halogens is 2. The van der Waals surface area contributed by atoms with E-state index in [-0.39, 0.29) is 18.1 Å². The number of rotatable bonds is 2. The van der Waals surface area contributed by atoms with Crippen LogP contribution in [0.25, 0.3) is 0 Å². The Balaban J connectivity index is 2.17. The van der Waals surface area contributed by atoms with Gasteiger partial charge in [-0.3, -0.25) is 14.5 Å². The summed E-state index contributed by atoms with van der Waals surface area (Å²) in [6.45, 7) is 0. The number of anilines is 1. The van der Waals surface area contributed by atoms with Crippen LogP contribution in [0.5, 0.6) is 0 Å². The van der Waals surface area contributed by atoms with Crippen molar-refractivity contribution in [2.75, 3.05) is 12.4 Å². The Hall–Kier alpha value is -2.05. The van der Waals surface area contributed by atoms with Crippen molar-refractivity contribution in [3.05, 3.63) is 23.9 Å². The van der Waals surface area contributed by atoms with Crippen LogP contribution < -0.4 is 5.32 Å². The van der Waals surface area contributed by atoms with Crippen molar-refractivity contribution in [1.82, 2.24) is 9.88 Å². The lowest BCUT2D eigenvalue weighted by Gasteiger charge is -2.11. The molecule has 17 heavy (non-hydrogen) atoms. The second-order valence-corrected chi connectivity index (χ2v) is 3.68. The third-order valence-corrected chi connectivity index (χ3v) is 2.50. The fourth-order valence-electron chi connectivity index (χ4n) is 1.55. The van der Waals surface area contributed by atoms with Crippen molar-refractivity contribution in [2.24, 2.45) is 0 Å². The van der Waals surface area contributed by atoms with E-state index < -0.39 is 23.6 Å². The number of likely N-dealkylation sites (tertiary alicyclic amines) is 1. The van der Waals surface area contributed by atoms with Crippen LogP contribution in [0.4, 0.5) is 14.6 Å². The van der Waals surface area contributed by atoms with Crippen LogP contribution in [0, 0.1) is 11.6 Å². The third-order valence-electron chi connectivity index (χ3n) is 2.50. The maximum Gasteiger partial charge on any atom is 0.251 e. The van der Waals surface area contributed by atoms with Gasteiger partial charge in [-0.1, -0.05) is 0 Å². The molecule has 1 atom stereocenters. The predicted octanol–water partition coefficient (Wildman–Crippen LogP) is 0.529. The van der Waals surface area contributed by atoms with Crippen molar-refractivity contribution < 1.29 is 18.4 Å². The minimum Gasteiger partial charge on any atom is -0.356 e. The molecule has 1 aromatic heterocycles. The highest BCUT2D eigenvalue weighted by molar-refractivity contribution is 6.06. The zero-order valence-electron chi connectivity index (χ0n) is 8.91. The van der Waals surface area contributed by atoms with Gasteiger partial charge in [-0.05, 0) is 0 Å². The Bertz CT molecular complexity index is 492. The summed E-state index contributed by atoms with van der Waals surface area (Å²) in [5, 5.41) is 2.48. The molecule has 90 valence electrons. The molecule has 1 saturated heterocycles. The average molecular weight is 241 g/mol. The van der Waals surface area contributed by atoms with Crippen LogP contribution in [0.2, 0.25) is 0 Å². The zero-order valence-corrected chi connectivity index (χ0v) is 8.91. The maximum atomic E-state index is 13.3. The number of carbonyl (C=O) groups is 2. The summed E-state index contributed by atoms with van der Waals surface area (Å²) >= 11 is 0. The molecule has 1 N–H and O–H groups in total. The van der Waals surface area contributed by atoms with Gasteiger partial charge in [-0.15, -0.1) is 0 Å². The first-order valence-electron chi connectivity index (χ1n) is 4.87. The fraction of sp³-hybridized carbons (Fsp3) is 0.300. The number of hydrogen-bond acceptors (Lipinski definition) is 4. The van der Waals surface area contributed by atoms with Crippen molar-refractivity contribution in [2.45, 2.75) is 12.5 Å². The van der Waals surface area contributed by atoms with Crippen LogP contribution in [-0.4, -0.2) is 34.8 Å². The van der Waals surface area contributed by atoms with Crippen LogP contribution >= 0.6 is 0 Å². The molecule has 7 heteroatoms. The SMILES string of the molecule is CN1C(=O)CC(Nc2ncc(F)cc2F)C1=O. The van der Waals surface area contributed by atoms with E-state index >= 15 is 0 Å². The topological polar surface area (TPSA) is 62.3 Å². The number of carbonyl (C=O) groups excluding carboxylic acids is 2. The number of pyridine rings is 1. The van der Waals surface area contributed by atoms with Crippen LogP contribution in [-0.2, 0) is 9.59 Å². The summed E-state index contributed by atoms with van der Waals surface area (Å²) < 4.78 is 25.9. The van der Waals surface area contributed by atoms with Gasteiger partial charge in [-0.25, -0.2) is 13.8 Å². The van der Waals surface area contributed by atoms with Gasteiger partial charge in [0.15, 0.2) is 11.6 Å². The highest BCUT2D eigenvalue weighted by Crippen LogP contribution is 2.18. The lowest BCUT2D eigenvalue weighted by Crippen LogP contribution is -2.32. The van der Waals surface area contributed by atoms with Gasteiger partial charge in [0.05, 0.1) is 12.6 Å². The van der Waals surface area contributed by atoms with Crippen LogP contribution in [0.15, 0.2) is 12.3 Å². The lowest BCUT2D eigenvalue weighted by molar-refractivity contribution is -0.136. The van der Waals surface area contributed by atoms with Crippen molar-refractivity contribution >= 4 is 17.6 Å². The van der Waals surface area contributed by atoms with E-state index in [0.717, 1.165) is 11.1 Å². The second-order valence-electron chi connectivity index (χ2n) is 3.68. The highest BCUT2D eigenvalue weighted by Gasteiger charge is 2.36. The van der Waals surface area contributed by atoms with Crippen LogP contribution in [0.3, 0.4) is 0 Å². The smallest absolute Gasteiger partial charge is 0.251 e. The third kappa shape index (κ3) is 2.08. The number of nitrogens with zero attached hydrogens (tertiary/aromatic N) is 2. The van der Waals surface area contributed by atoms with E-state index in [9.17, 15) is 18.4 Å². The van der Waals surface area contributed by atoms with E-state index in [2.05, 4.69) is 10.3 Å². The minimum atomic E-state index is -0.903. The zero-order chi connectivity index (χ0) is 12.6. The Labute approximate surface area is 95.4 Å². The van der Waals surface area contributed by atoms with E-state index in [4.69, 9.17) is 0 Å². The Morgan fingerprint density at radius 3 is 2.71 bits per heavy atom. The molecular weight excluding hydrogens is 232 g/mol. The molecule has 1 unspecified atom stereocenters. The molecule has 1 aliphatic heterocycles. The number of hydrogen-bond donors (Lipinski definition) is 1. The summed E-state index contributed by atoms with van der Waals surface area (Å²) in [5.41, 5.74) is 0. The van der Waals surface area contributed by atoms with Crippen molar-refractivity contribution in [3.8, 4) is 0 Å².